The number of rotatable bonds is 3. The predicted molar refractivity (Wildman–Crippen MR) is 92.1 cm³/mol. The Morgan fingerprint density at radius 1 is 1.13 bits per heavy atom. The summed E-state index contributed by atoms with van der Waals surface area (Å²) < 4.78 is 5.04. The van der Waals surface area contributed by atoms with Crippen LogP contribution in [0.1, 0.15) is 11.5 Å². The highest BCUT2D eigenvalue weighted by Crippen LogP contribution is 2.24. The minimum Gasteiger partial charge on any atom is -0.401 e. The number of nitrogens with zero attached hydrogens (tertiary/aromatic N) is 2. The Labute approximate surface area is 137 Å². The van der Waals surface area contributed by atoms with Crippen molar-refractivity contribution in [3.8, 4) is 0 Å². The Hall–Kier alpha value is -3.06. The monoisotopic (exact) mass is 332 g/mol. The summed E-state index contributed by atoms with van der Waals surface area (Å²) in [5.41, 5.74) is 14.2. The Bertz CT molecular complexity index is 905. The maximum absolute atomic E-state index is 10.6. The third-order valence-electron chi connectivity index (χ3n) is 3.10. The molecule has 0 bridgehead atoms. The lowest BCUT2D eigenvalue weighted by Gasteiger charge is -2.04. The van der Waals surface area contributed by atoms with Gasteiger partial charge in [-0.3, -0.25) is 10.1 Å². The molecule has 0 unspecified atom stereocenters. The Balaban J connectivity index is 0.00000192. The van der Waals surface area contributed by atoms with E-state index < -0.39 is 4.92 Å². The molecule has 0 atom stereocenters. The number of benzene rings is 1. The number of nitrogens with two attached hydrogens (primary N) is 2. The Morgan fingerprint density at radius 3 is 2.61 bits per heavy atom. The van der Waals surface area contributed by atoms with Crippen LogP contribution >= 0.6 is 12.4 Å². The van der Waals surface area contributed by atoms with Crippen LogP contribution < -0.4 is 11.5 Å². The lowest BCUT2D eigenvalue weighted by atomic mass is 10.1. The molecule has 3 rings (SSSR count). The highest BCUT2D eigenvalue weighted by atomic mass is 35.5. The van der Waals surface area contributed by atoms with Crippen molar-refractivity contribution < 1.29 is 9.34 Å². The number of hydrogen-bond acceptors (Lipinski definition) is 6. The summed E-state index contributed by atoms with van der Waals surface area (Å²) in [4.78, 5) is 14.4. The zero-order valence-electron chi connectivity index (χ0n) is 11.8. The second-order valence-corrected chi connectivity index (χ2v) is 4.68. The summed E-state index contributed by atoms with van der Waals surface area (Å²) in [6.07, 6.45) is 3.27. The molecule has 2 heterocycles. The molecule has 3 aromatic rings. The molecule has 23 heavy (non-hydrogen) atoms. The summed E-state index contributed by atoms with van der Waals surface area (Å²) in [5.74, 6) is 0.0607. The first-order valence-corrected chi connectivity index (χ1v) is 6.41. The topological polar surface area (TPSA) is 121 Å². The molecule has 118 valence electrons. The van der Waals surface area contributed by atoms with Crippen LogP contribution in [0, 0.1) is 10.1 Å². The zero-order chi connectivity index (χ0) is 15.7. The van der Waals surface area contributed by atoms with Crippen molar-refractivity contribution in [3.05, 3.63) is 58.0 Å². The summed E-state index contributed by atoms with van der Waals surface area (Å²) >= 11 is 0. The lowest BCUT2D eigenvalue weighted by molar-refractivity contribution is -0.402. The lowest BCUT2D eigenvalue weighted by Crippen LogP contribution is -1.93. The van der Waals surface area contributed by atoms with Gasteiger partial charge in [0.05, 0.1) is 17.3 Å². The van der Waals surface area contributed by atoms with E-state index in [0.29, 0.717) is 22.8 Å². The quantitative estimate of drug-likeness (QED) is 0.430. The van der Waals surface area contributed by atoms with Crippen LogP contribution in [0.4, 0.5) is 17.3 Å². The Morgan fingerprint density at radius 2 is 1.91 bits per heavy atom. The first-order valence-electron chi connectivity index (χ1n) is 6.41. The third kappa shape index (κ3) is 3.41. The van der Waals surface area contributed by atoms with Gasteiger partial charge in [-0.1, -0.05) is 0 Å². The van der Waals surface area contributed by atoms with Gasteiger partial charge < -0.3 is 15.9 Å². The van der Waals surface area contributed by atoms with Crippen molar-refractivity contribution in [3.63, 3.8) is 0 Å². The van der Waals surface area contributed by atoms with Crippen LogP contribution in [0.25, 0.3) is 23.1 Å². The van der Waals surface area contributed by atoms with Crippen LogP contribution in [0.2, 0.25) is 0 Å². The average molecular weight is 333 g/mol. The van der Waals surface area contributed by atoms with Crippen LogP contribution in [-0.4, -0.2) is 9.91 Å². The fourth-order valence-electron chi connectivity index (χ4n) is 2.07. The van der Waals surface area contributed by atoms with E-state index in [2.05, 4.69) is 4.98 Å². The van der Waals surface area contributed by atoms with E-state index in [4.69, 9.17) is 15.9 Å². The molecule has 0 aliphatic rings. The molecule has 4 N–H and O–H groups in total. The van der Waals surface area contributed by atoms with Gasteiger partial charge in [-0.05, 0) is 42.5 Å². The predicted octanol–water partition coefficient (Wildman–Crippen LogP) is 3.49. The van der Waals surface area contributed by atoms with Gasteiger partial charge in [-0.25, -0.2) is 4.98 Å². The van der Waals surface area contributed by atoms with Crippen LogP contribution in [-0.2, 0) is 0 Å². The number of nitro groups is 1. The summed E-state index contributed by atoms with van der Waals surface area (Å²) in [6, 6.07) is 9.81. The summed E-state index contributed by atoms with van der Waals surface area (Å²) in [7, 11) is 0. The van der Waals surface area contributed by atoms with Gasteiger partial charge in [0.25, 0.3) is 0 Å². The molecule has 0 aliphatic carbocycles. The fourth-order valence-corrected chi connectivity index (χ4v) is 2.07. The van der Waals surface area contributed by atoms with Crippen molar-refractivity contribution in [2.45, 2.75) is 0 Å². The molecule has 0 spiro atoms. The number of anilines is 2. The number of furan rings is 1. The maximum atomic E-state index is 10.6. The molecule has 0 amide bonds. The molecule has 0 radical (unpaired) electrons. The van der Waals surface area contributed by atoms with E-state index in [0.717, 1.165) is 10.9 Å². The normalized spacial score (nSPS) is 10.8. The third-order valence-corrected chi connectivity index (χ3v) is 3.10. The molecule has 0 saturated carbocycles. The molecule has 7 nitrogen and oxygen atoms in total. The van der Waals surface area contributed by atoms with Gasteiger partial charge in [0, 0.05) is 16.8 Å². The Kier molecular flexibility index (Phi) is 4.52. The minimum absolute atomic E-state index is 0. The van der Waals surface area contributed by atoms with Crippen molar-refractivity contribution in [2.24, 2.45) is 0 Å². The van der Waals surface area contributed by atoms with Gasteiger partial charge in [-0.2, -0.15) is 0 Å². The molecule has 1 aromatic carbocycles. The van der Waals surface area contributed by atoms with Gasteiger partial charge >= 0.3 is 5.88 Å². The van der Waals surface area contributed by atoms with Gasteiger partial charge in [0.1, 0.15) is 10.7 Å². The molecule has 2 aromatic heterocycles. The van der Waals surface area contributed by atoms with Crippen molar-refractivity contribution in [1.82, 2.24) is 4.98 Å². The smallest absolute Gasteiger partial charge is 0.401 e. The number of halogens is 1. The van der Waals surface area contributed by atoms with Crippen molar-refractivity contribution >= 4 is 52.7 Å². The van der Waals surface area contributed by atoms with E-state index in [9.17, 15) is 10.1 Å². The molecule has 0 saturated heterocycles. The van der Waals surface area contributed by atoms with Gasteiger partial charge in [-0.15, -0.1) is 12.4 Å². The number of fused-ring (bicyclic) bond motifs is 1. The second kappa shape index (κ2) is 6.37. The maximum Gasteiger partial charge on any atom is 0.433 e. The number of aromatic nitrogens is 1. The molecular weight excluding hydrogens is 320 g/mol. The first kappa shape index (κ1) is 16.3. The largest absolute Gasteiger partial charge is 0.433 e. The fraction of sp³-hybridized carbons (Fsp3) is 0. The minimum atomic E-state index is -0.589. The highest BCUT2D eigenvalue weighted by Gasteiger charge is 2.10. The SMILES string of the molecule is Cl.Nc1ccc2nc(C=Cc3ccc([N+](=O)[O-])o3)cc(N)c2c1. The second-order valence-electron chi connectivity index (χ2n) is 4.68. The number of nitrogen functional groups attached to an aromatic ring is 2. The molecule has 0 fully saturated rings. The van der Waals surface area contributed by atoms with E-state index in [-0.39, 0.29) is 18.3 Å². The number of pyridine rings is 1. The standard InChI is InChI=1S/C15H12N4O3.ClH/c16-9-1-5-14-12(7-9)13(17)8-10(18-14)2-3-11-4-6-15(22-11)19(20)21;/h1-8H,16H2,(H2,17,18);1H. The highest BCUT2D eigenvalue weighted by molar-refractivity contribution is 5.93. The van der Waals surface area contributed by atoms with E-state index >= 15 is 0 Å². The molecule has 8 heteroatoms. The zero-order valence-corrected chi connectivity index (χ0v) is 12.6. The summed E-state index contributed by atoms with van der Waals surface area (Å²) in [5, 5.41) is 11.3. The van der Waals surface area contributed by atoms with Crippen LogP contribution in [0.3, 0.4) is 0 Å². The molecular formula is C15H13ClN4O3. The summed E-state index contributed by atoms with van der Waals surface area (Å²) in [6.45, 7) is 0. The number of hydrogen-bond donors (Lipinski definition) is 2. The van der Waals surface area contributed by atoms with E-state index in [1.165, 1.54) is 12.1 Å². The van der Waals surface area contributed by atoms with Crippen molar-refractivity contribution in [1.29, 1.82) is 0 Å². The van der Waals surface area contributed by atoms with E-state index in [1.807, 2.05) is 0 Å². The van der Waals surface area contributed by atoms with Crippen molar-refractivity contribution in [2.75, 3.05) is 11.5 Å². The molecule has 0 aliphatic heterocycles. The van der Waals surface area contributed by atoms with Crippen LogP contribution in [0.5, 0.6) is 0 Å². The van der Waals surface area contributed by atoms with Gasteiger partial charge in [0.2, 0.25) is 0 Å². The average Bonchev–Trinajstić information content (AvgIpc) is 2.95. The van der Waals surface area contributed by atoms with Crippen LogP contribution in [0.15, 0.2) is 40.8 Å². The first-order chi connectivity index (χ1) is 10.5. The van der Waals surface area contributed by atoms with Gasteiger partial charge in [0.15, 0.2) is 0 Å². The van der Waals surface area contributed by atoms with E-state index in [1.54, 1.807) is 36.4 Å².